The van der Waals surface area contributed by atoms with Gasteiger partial charge in [-0.25, -0.2) is 9.59 Å². The zero-order valence-corrected chi connectivity index (χ0v) is 8.78. The number of hydrogen-bond donors (Lipinski definition) is 3. The maximum atomic E-state index is 11.1. The monoisotopic (exact) mass is 213 g/mol. The van der Waals surface area contributed by atoms with E-state index in [4.69, 9.17) is 10.4 Å². The molecule has 3 N–H and O–H groups in total. The quantitative estimate of drug-likeness (QED) is 0.572. The summed E-state index contributed by atoms with van der Waals surface area (Å²) in [6, 6.07) is 0.175. The number of carboxylic acids is 1. The van der Waals surface area contributed by atoms with Crippen LogP contribution in [0.3, 0.4) is 0 Å². The van der Waals surface area contributed by atoms with Crippen LogP contribution in [0.1, 0.15) is 20.3 Å². The van der Waals surface area contributed by atoms with Crippen molar-refractivity contribution in [2.75, 3.05) is 6.54 Å². The standard InChI is InChI=1S/C9H15N3O3/c1-6(2)5-7(8(13)14)12-9(15)11-4-3-10/h6-7H,4-5H2,1-2H3,(H,13,14)(H2,11,12,15). The van der Waals surface area contributed by atoms with Gasteiger partial charge in [0, 0.05) is 0 Å². The molecule has 1 atom stereocenters. The van der Waals surface area contributed by atoms with Crippen molar-refractivity contribution in [1.82, 2.24) is 10.6 Å². The summed E-state index contributed by atoms with van der Waals surface area (Å²) in [7, 11) is 0. The van der Waals surface area contributed by atoms with Gasteiger partial charge in [0.25, 0.3) is 0 Å². The van der Waals surface area contributed by atoms with Crippen molar-refractivity contribution in [3.63, 3.8) is 0 Å². The molecular formula is C9H15N3O3. The Labute approximate surface area is 88.3 Å². The normalized spacial score (nSPS) is 11.6. The maximum Gasteiger partial charge on any atom is 0.326 e. The molecule has 0 rings (SSSR count). The van der Waals surface area contributed by atoms with Crippen molar-refractivity contribution in [2.24, 2.45) is 5.92 Å². The Hall–Kier alpha value is -1.77. The van der Waals surface area contributed by atoms with E-state index in [0.29, 0.717) is 6.42 Å². The number of nitrogens with one attached hydrogen (secondary N) is 2. The molecule has 15 heavy (non-hydrogen) atoms. The Bertz CT molecular complexity index is 270. The van der Waals surface area contributed by atoms with E-state index in [9.17, 15) is 9.59 Å². The van der Waals surface area contributed by atoms with Crippen LogP contribution >= 0.6 is 0 Å². The number of carboxylic acid groups (broad SMARTS) is 1. The molecule has 6 nitrogen and oxygen atoms in total. The number of aliphatic carboxylic acids is 1. The number of amides is 2. The number of urea groups is 1. The van der Waals surface area contributed by atoms with Gasteiger partial charge in [0.15, 0.2) is 0 Å². The molecule has 2 amide bonds. The summed E-state index contributed by atoms with van der Waals surface area (Å²) in [4.78, 5) is 21.8. The molecule has 0 aromatic rings. The minimum absolute atomic E-state index is 0.139. The van der Waals surface area contributed by atoms with E-state index in [0.717, 1.165) is 0 Å². The first-order valence-electron chi connectivity index (χ1n) is 4.61. The molecule has 0 aromatic carbocycles. The number of nitrogens with zero attached hydrogens (tertiary/aromatic N) is 1. The summed E-state index contributed by atoms with van der Waals surface area (Å²) in [6.45, 7) is 3.59. The Morgan fingerprint density at radius 2 is 2.07 bits per heavy atom. The van der Waals surface area contributed by atoms with Gasteiger partial charge in [0.05, 0.1) is 6.07 Å². The molecule has 0 aliphatic carbocycles. The van der Waals surface area contributed by atoms with Crippen molar-refractivity contribution in [1.29, 1.82) is 5.26 Å². The first kappa shape index (κ1) is 13.2. The van der Waals surface area contributed by atoms with Crippen molar-refractivity contribution in [3.8, 4) is 6.07 Å². The van der Waals surface area contributed by atoms with Crippen molar-refractivity contribution in [2.45, 2.75) is 26.3 Å². The molecule has 0 aliphatic heterocycles. The summed E-state index contributed by atoms with van der Waals surface area (Å²) in [5.41, 5.74) is 0. The average Bonchev–Trinajstić information content (AvgIpc) is 2.12. The second-order valence-electron chi connectivity index (χ2n) is 3.51. The van der Waals surface area contributed by atoms with Crippen LogP contribution in [0.4, 0.5) is 4.79 Å². The van der Waals surface area contributed by atoms with Crippen molar-refractivity contribution < 1.29 is 14.7 Å². The highest BCUT2D eigenvalue weighted by molar-refractivity contribution is 5.82. The molecule has 0 heterocycles. The average molecular weight is 213 g/mol. The van der Waals surface area contributed by atoms with Crippen LogP contribution in [0.25, 0.3) is 0 Å². The lowest BCUT2D eigenvalue weighted by Gasteiger charge is -2.16. The summed E-state index contributed by atoms with van der Waals surface area (Å²) >= 11 is 0. The van der Waals surface area contributed by atoms with Gasteiger partial charge in [-0.1, -0.05) is 13.8 Å². The first-order chi connectivity index (χ1) is 6.97. The van der Waals surface area contributed by atoms with E-state index < -0.39 is 18.0 Å². The zero-order valence-electron chi connectivity index (χ0n) is 8.78. The topological polar surface area (TPSA) is 102 Å². The fourth-order valence-electron chi connectivity index (χ4n) is 1.02. The molecule has 0 saturated heterocycles. The predicted molar refractivity (Wildman–Crippen MR) is 53.0 cm³/mol. The van der Waals surface area contributed by atoms with Gasteiger partial charge in [-0.3, -0.25) is 0 Å². The largest absolute Gasteiger partial charge is 0.480 e. The lowest BCUT2D eigenvalue weighted by Crippen LogP contribution is -2.46. The van der Waals surface area contributed by atoms with Crippen LogP contribution in [0.5, 0.6) is 0 Å². The Kier molecular flexibility index (Phi) is 5.86. The molecule has 0 radical (unpaired) electrons. The van der Waals surface area contributed by atoms with E-state index in [1.54, 1.807) is 6.07 Å². The van der Waals surface area contributed by atoms with Crippen LogP contribution in [-0.4, -0.2) is 29.7 Å². The Morgan fingerprint density at radius 1 is 1.47 bits per heavy atom. The van der Waals surface area contributed by atoms with Gasteiger partial charge in [-0.05, 0) is 12.3 Å². The van der Waals surface area contributed by atoms with Crippen LogP contribution in [0.2, 0.25) is 0 Å². The lowest BCUT2D eigenvalue weighted by molar-refractivity contribution is -0.139. The highest BCUT2D eigenvalue weighted by Crippen LogP contribution is 2.04. The van der Waals surface area contributed by atoms with E-state index in [1.165, 1.54) is 0 Å². The minimum atomic E-state index is -1.07. The second kappa shape index (κ2) is 6.65. The smallest absolute Gasteiger partial charge is 0.326 e. The number of hydrogen-bond acceptors (Lipinski definition) is 3. The summed E-state index contributed by atoms with van der Waals surface area (Å²) in [6.07, 6.45) is 0.356. The maximum absolute atomic E-state index is 11.1. The fourth-order valence-corrected chi connectivity index (χ4v) is 1.02. The van der Waals surface area contributed by atoms with Crippen molar-refractivity contribution in [3.05, 3.63) is 0 Å². The van der Waals surface area contributed by atoms with Gasteiger partial charge in [-0.15, -0.1) is 0 Å². The molecule has 0 spiro atoms. The highest BCUT2D eigenvalue weighted by atomic mass is 16.4. The molecule has 1 unspecified atom stereocenters. The van der Waals surface area contributed by atoms with E-state index in [1.807, 2.05) is 13.8 Å². The molecule has 0 bridgehead atoms. The number of rotatable bonds is 5. The van der Waals surface area contributed by atoms with Gasteiger partial charge in [0.1, 0.15) is 12.6 Å². The Morgan fingerprint density at radius 3 is 2.47 bits per heavy atom. The number of carbonyl (C=O) groups excluding carboxylic acids is 1. The fraction of sp³-hybridized carbons (Fsp3) is 0.667. The predicted octanol–water partition coefficient (Wildman–Crippen LogP) is 0.308. The molecular weight excluding hydrogens is 198 g/mol. The van der Waals surface area contributed by atoms with E-state index in [-0.39, 0.29) is 12.5 Å². The molecule has 0 aliphatic rings. The summed E-state index contributed by atoms with van der Waals surface area (Å²) in [5.74, 6) is -0.904. The molecule has 0 fully saturated rings. The third-order valence-electron chi connectivity index (χ3n) is 1.64. The van der Waals surface area contributed by atoms with E-state index >= 15 is 0 Å². The minimum Gasteiger partial charge on any atom is -0.480 e. The highest BCUT2D eigenvalue weighted by Gasteiger charge is 2.20. The SMILES string of the molecule is CC(C)CC(NC(=O)NCC#N)C(=O)O. The second-order valence-corrected chi connectivity index (χ2v) is 3.51. The lowest BCUT2D eigenvalue weighted by atomic mass is 10.0. The molecule has 0 aromatic heterocycles. The zero-order chi connectivity index (χ0) is 11.8. The third kappa shape index (κ3) is 6.32. The van der Waals surface area contributed by atoms with Gasteiger partial charge < -0.3 is 15.7 Å². The third-order valence-corrected chi connectivity index (χ3v) is 1.64. The number of carbonyl (C=O) groups is 2. The molecule has 6 heteroatoms. The summed E-state index contributed by atoms with van der Waals surface area (Å²) < 4.78 is 0. The van der Waals surface area contributed by atoms with Gasteiger partial charge >= 0.3 is 12.0 Å². The summed E-state index contributed by atoms with van der Waals surface area (Å²) in [5, 5.41) is 21.5. The number of nitriles is 1. The first-order valence-corrected chi connectivity index (χ1v) is 4.61. The Balaban J connectivity index is 4.12. The molecule has 84 valence electrons. The van der Waals surface area contributed by atoms with Crippen LogP contribution in [-0.2, 0) is 4.79 Å². The van der Waals surface area contributed by atoms with Gasteiger partial charge in [-0.2, -0.15) is 5.26 Å². The van der Waals surface area contributed by atoms with Gasteiger partial charge in [0.2, 0.25) is 0 Å². The van der Waals surface area contributed by atoms with Crippen LogP contribution < -0.4 is 10.6 Å². The van der Waals surface area contributed by atoms with Crippen LogP contribution in [0, 0.1) is 17.2 Å². The van der Waals surface area contributed by atoms with E-state index in [2.05, 4.69) is 10.6 Å². The van der Waals surface area contributed by atoms with Crippen LogP contribution in [0.15, 0.2) is 0 Å². The van der Waals surface area contributed by atoms with Crippen molar-refractivity contribution >= 4 is 12.0 Å². The molecule has 0 saturated carbocycles.